The third-order valence-electron chi connectivity index (χ3n) is 1.87. The van der Waals surface area contributed by atoms with Crippen LogP contribution in [0.1, 0.15) is 0 Å². The van der Waals surface area contributed by atoms with Gasteiger partial charge >= 0.3 is 10.1 Å². The van der Waals surface area contributed by atoms with Crippen LogP contribution in [0.5, 0.6) is 11.6 Å². The number of benzene rings is 1. The molecule has 0 spiro atoms. The first-order chi connectivity index (χ1) is 7.39. The minimum atomic E-state index is -4.68. The van der Waals surface area contributed by atoms with Crippen molar-refractivity contribution in [3.05, 3.63) is 18.2 Å². The third-order valence-corrected chi connectivity index (χ3v) is 2.63. The van der Waals surface area contributed by atoms with Crippen LogP contribution in [0, 0.1) is 0 Å². The van der Waals surface area contributed by atoms with Crippen molar-refractivity contribution in [2.45, 2.75) is 5.03 Å². The van der Waals surface area contributed by atoms with Crippen molar-refractivity contribution < 1.29 is 23.2 Å². The molecule has 2 rings (SSSR count). The molecule has 0 fully saturated rings. The summed E-state index contributed by atoms with van der Waals surface area (Å²) >= 11 is 0. The average Bonchev–Trinajstić information content (AvgIpc) is 2.15. The summed E-state index contributed by atoms with van der Waals surface area (Å²) in [6.07, 6.45) is 0. The van der Waals surface area contributed by atoms with Crippen LogP contribution in [0.3, 0.4) is 0 Å². The first kappa shape index (κ1) is 10.6. The summed E-state index contributed by atoms with van der Waals surface area (Å²) in [7, 11) is -4.68. The maximum absolute atomic E-state index is 10.8. The molecule has 0 saturated heterocycles. The van der Waals surface area contributed by atoms with Gasteiger partial charge in [0.2, 0.25) is 5.03 Å². The number of phenolic OH excluding ortho intramolecular Hbond substituents is 1. The van der Waals surface area contributed by atoms with Gasteiger partial charge in [0.1, 0.15) is 11.3 Å². The van der Waals surface area contributed by atoms with Gasteiger partial charge in [-0.1, -0.05) is 6.07 Å². The van der Waals surface area contributed by atoms with E-state index in [2.05, 4.69) is 9.97 Å². The Hall–Kier alpha value is -1.93. The van der Waals surface area contributed by atoms with Gasteiger partial charge in [-0.25, -0.2) is 9.97 Å². The highest BCUT2D eigenvalue weighted by Crippen LogP contribution is 2.26. The molecule has 0 unspecified atom stereocenters. The molecule has 0 radical (unpaired) electrons. The average molecular weight is 242 g/mol. The Morgan fingerprint density at radius 1 is 1.12 bits per heavy atom. The first-order valence-electron chi connectivity index (χ1n) is 4.06. The lowest BCUT2D eigenvalue weighted by Crippen LogP contribution is -2.03. The predicted octanol–water partition coefficient (Wildman–Crippen LogP) is 0.288. The monoisotopic (exact) mass is 242 g/mol. The van der Waals surface area contributed by atoms with Crippen LogP contribution in [0.25, 0.3) is 11.0 Å². The SMILES string of the molecule is O=S(=O)(O)c1nc2c(O)cccc2nc1O. The fourth-order valence-corrected chi connectivity index (χ4v) is 1.69. The zero-order valence-corrected chi connectivity index (χ0v) is 8.51. The molecule has 1 heterocycles. The number of hydrogen-bond donors (Lipinski definition) is 3. The van der Waals surface area contributed by atoms with E-state index in [1.165, 1.54) is 18.2 Å². The summed E-state index contributed by atoms with van der Waals surface area (Å²) in [6, 6.07) is 4.16. The van der Waals surface area contributed by atoms with E-state index >= 15 is 0 Å². The summed E-state index contributed by atoms with van der Waals surface area (Å²) < 4.78 is 30.4. The largest absolute Gasteiger partial charge is 0.506 e. The van der Waals surface area contributed by atoms with Crippen molar-refractivity contribution >= 4 is 21.2 Å². The van der Waals surface area contributed by atoms with Gasteiger partial charge in [0.25, 0.3) is 5.88 Å². The van der Waals surface area contributed by atoms with Crippen molar-refractivity contribution in [2.24, 2.45) is 0 Å². The van der Waals surface area contributed by atoms with Crippen LogP contribution >= 0.6 is 0 Å². The molecule has 0 saturated carbocycles. The van der Waals surface area contributed by atoms with Gasteiger partial charge in [0, 0.05) is 0 Å². The molecule has 8 heteroatoms. The van der Waals surface area contributed by atoms with Gasteiger partial charge in [0.15, 0.2) is 0 Å². The van der Waals surface area contributed by atoms with Crippen LogP contribution in [0.2, 0.25) is 0 Å². The number of fused-ring (bicyclic) bond motifs is 1. The lowest BCUT2D eigenvalue weighted by molar-refractivity contribution is 0.419. The highest BCUT2D eigenvalue weighted by molar-refractivity contribution is 7.85. The van der Waals surface area contributed by atoms with E-state index in [-0.39, 0.29) is 16.8 Å². The Labute approximate surface area is 89.8 Å². The molecule has 84 valence electrons. The molecule has 0 bridgehead atoms. The van der Waals surface area contributed by atoms with Gasteiger partial charge in [-0.15, -0.1) is 0 Å². The molecule has 7 nitrogen and oxygen atoms in total. The van der Waals surface area contributed by atoms with Gasteiger partial charge in [0.05, 0.1) is 5.52 Å². The molecule has 1 aromatic heterocycles. The Kier molecular flexibility index (Phi) is 2.17. The standard InChI is InChI=1S/C8H6N2O5S/c11-5-3-1-2-4-6(5)10-8(7(12)9-4)16(13,14)15/h1-3,11H,(H,9,12)(H,13,14,15). The Morgan fingerprint density at radius 3 is 2.44 bits per heavy atom. The molecule has 0 atom stereocenters. The van der Waals surface area contributed by atoms with E-state index in [0.29, 0.717) is 0 Å². The number of para-hydroxylation sites is 1. The third kappa shape index (κ3) is 1.64. The minimum Gasteiger partial charge on any atom is -0.506 e. The van der Waals surface area contributed by atoms with Gasteiger partial charge in [-0.3, -0.25) is 4.55 Å². The first-order valence-corrected chi connectivity index (χ1v) is 5.50. The Morgan fingerprint density at radius 2 is 1.81 bits per heavy atom. The number of aromatic hydroxyl groups is 2. The van der Waals surface area contributed by atoms with Gasteiger partial charge in [-0.05, 0) is 12.1 Å². The van der Waals surface area contributed by atoms with E-state index < -0.39 is 21.0 Å². The van der Waals surface area contributed by atoms with Crippen LogP contribution in [-0.2, 0) is 10.1 Å². The zero-order valence-electron chi connectivity index (χ0n) is 7.69. The molecular formula is C8H6N2O5S. The van der Waals surface area contributed by atoms with Crippen molar-refractivity contribution in [2.75, 3.05) is 0 Å². The fourth-order valence-electron chi connectivity index (χ4n) is 1.21. The summed E-state index contributed by atoms with van der Waals surface area (Å²) in [5.41, 5.74) is -0.00201. The second-order valence-corrected chi connectivity index (χ2v) is 4.31. The van der Waals surface area contributed by atoms with Gasteiger partial charge < -0.3 is 10.2 Å². The summed E-state index contributed by atoms with van der Waals surface area (Å²) in [5.74, 6) is -1.21. The molecule has 0 aliphatic carbocycles. The molecule has 0 aliphatic rings. The van der Waals surface area contributed by atoms with Crippen LogP contribution in [0.4, 0.5) is 0 Å². The molecule has 0 amide bonds. The second-order valence-electron chi connectivity index (χ2n) is 2.97. The number of hydrogen-bond acceptors (Lipinski definition) is 6. The molecule has 0 aliphatic heterocycles. The van der Waals surface area contributed by atoms with Crippen LogP contribution in [-0.4, -0.2) is 33.2 Å². The topological polar surface area (TPSA) is 121 Å². The van der Waals surface area contributed by atoms with Crippen molar-refractivity contribution in [3.8, 4) is 11.6 Å². The van der Waals surface area contributed by atoms with Crippen molar-refractivity contribution in [3.63, 3.8) is 0 Å². The molecule has 2 aromatic rings. The second kappa shape index (κ2) is 3.29. The smallest absolute Gasteiger partial charge is 0.317 e. The van der Waals surface area contributed by atoms with Crippen LogP contribution < -0.4 is 0 Å². The summed E-state index contributed by atoms with van der Waals surface area (Å²) in [6.45, 7) is 0. The van der Waals surface area contributed by atoms with E-state index in [0.717, 1.165) is 0 Å². The van der Waals surface area contributed by atoms with Crippen molar-refractivity contribution in [1.82, 2.24) is 9.97 Å². The minimum absolute atomic E-state index is 0.116. The highest BCUT2D eigenvalue weighted by atomic mass is 32.2. The summed E-state index contributed by atoms with van der Waals surface area (Å²) in [5, 5.41) is 17.6. The molecule has 3 N–H and O–H groups in total. The molecule has 1 aromatic carbocycles. The van der Waals surface area contributed by atoms with Gasteiger partial charge in [-0.2, -0.15) is 8.42 Å². The van der Waals surface area contributed by atoms with Crippen LogP contribution in [0.15, 0.2) is 23.2 Å². The molecular weight excluding hydrogens is 236 g/mol. The number of aromatic nitrogens is 2. The fraction of sp³-hybridized carbons (Fsp3) is 0. The predicted molar refractivity (Wildman–Crippen MR) is 52.7 cm³/mol. The normalized spacial score (nSPS) is 11.8. The lowest BCUT2D eigenvalue weighted by atomic mass is 10.3. The van der Waals surface area contributed by atoms with E-state index in [1.54, 1.807) is 0 Å². The van der Waals surface area contributed by atoms with E-state index in [4.69, 9.17) is 4.55 Å². The highest BCUT2D eigenvalue weighted by Gasteiger charge is 2.20. The quantitative estimate of drug-likeness (QED) is 0.614. The molecule has 16 heavy (non-hydrogen) atoms. The number of nitrogens with zero attached hydrogens (tertiary/aromatic N) is 2. The maximum atomic E-state index is 10.8. The number of rotatable bonds is 1. The summed E-state index contributed by atoms with van der Waals surface area (Å²) in [4.78, 5) is 6.94. The Bertz CT molecular complexity index is 667. The van der Waals surface area contributed by atoms with Crippen molar-refractivity contribution in [1.29, 1.82) is 0 Å². The maximum Gasteiger partial charge on any atom is 0.317 e. The zero-order chi connectivity index (χ0) is 11.9. The Balaban J connectivity index is 2.90. The lowest BCUT2D eigenvalue weighted by Gasteiger charge is -2.03. The number of phenols is 1. The van der Waals surface area contributed by atoms with E-state index in [1.807, 2.05) is 0 Å². The van der Waals surface area contributed by atoms with E-state index in [9.17, 15) is 18.6 Å².